The third-order valence-corrected chi connectivity index (χ3v) is 3.94. The van der Waals surface area contributed by atoms with Crippen LogP contribution < -0.4 is 0 Å². The molecule has 0 bridgehead atoms. The summed E-state index contributed by atoms with van der Waals surface area (Å²) >= 11 is 0. The molecule has 2 rings (SSSR count). The van der Waals surface area contributed by atoms with Crippen molar-refractivity contribution in [2.24, 2.45) is 7.05 Å². The van der Waals surface area contributed by atoms with Crippen LogP contribution in [0.25, 0.3) is 0 Å². The molecule has 4 heteroatoms. The summed E-state index contributed by atoms with van der Waals surface area (Å²) in [4.78, 5) is 2.54. The van der Waals surface area contributed by atoms with E-state index in [2.05, 4.69) is 16.1 Å². The summed E-state index contributed by atoms with van der Waals surface area (Å²) in [5.74, 6) is 0. The minimum absolute atomic E-state index is 0.188. The molecule has 2 atom stereocenters. The maximum Gasteiger partial charge on any atom is 0.0527 e. The summed E-state index contributed by atoms with van der Waals surface area (Å²) in [5, 5.41) is 13.8. The maximum atomic E-state index is 9.58. The summed E-state index contributed by atoms with van der Waals surface area (Å²) in [5.41, 5.74) is 1.29. The Hall–Kier alpha value is -0.870. The lowest BCUT2D eigenvalue weighted by Gasteiger charge is -2.36. The van der Waals surface area contributed by atoms with Gasteiger partial charge in [0.05, 0.1) is 6.10 Å². The third kappa shape index (κ3) is 3.56. The predicted molar refractivity (Wildman–Crippen MR) is 72.4 cm³/mol. The Morgan fingerprint density at radius 3 is 3.00 bits per heavy atom. The third-order valence-electron chi connectivity index (χ3n) is 3.94. The first kappa shape index (κ1) is 13.6. The van der Waals surface area contributed by atoms with Gasteiger partial charge in [-0.15, -0.1) is 0 Å². The number of likely N-dealkylation sites (tertiary alicyclic amines) is 1. The summed E-state index contributed by atoms with van der Waals surface area (Å²) < 4.78 is 1.95. The molecule has 0 radical (unpaired) electrons. The fourth-order valence-corrected chi connectivity index (χ4v) is 2.92. The van der Waals surface area contributed by atoms with Gasteiger partial charge in [-0.25, -0.2) is 0 Å². The molecule has 0 saturated carbocycles. The molecular weight excluding hydrogens is 226 g/mol. The average Bonchev–Trinajstić information content (AvgIpc) is 2.73. The van der Waals surface area contributed by atoms with E-state index in [1.54, 1.807) is 0 Å². The van der Waals surface area contributed by atoms with E-state index in [4.69, 9.17) is 0 Å². The van der Waals surface area contributed by atoms with E-state index < -0.39 is 0 Å². The van der Waals surface area contributed by atoms with Crippen molar-refractivity contribution in [3.8, 4) is 0 Å². The average molecular weight is 251 g/mol. The first-order valence-corrected chi connectivity index (χ1v) is 7.06. The zero-order valence-electron chi connectivity index (χ0n) is 11.5. The Kier molecular flexibility index (Phi) is 4.78. The summed E-state index contributed by atoms with van der Waals surface area (Å²) in [6.45, 7) is 4.15. The molecular formula is C14H25N3O. The molecule has 1 N–H and O–H groups in total. The molecule has 1 fully saturated rings. The SMILES string of the molecule is CC(O)CC1CCCCN1CCc1ccnn1C. The van der Waals surface area contributed by atoms with Crippen LogP contribution in [0.5, 0.6) is 0 Å². The lowest BCUT2D eigenvalue weighted by Crippen LogP contribution is -2.42. The summed E-state index contributed by atoms with van der Waals surface area (Å²) in [6, 6.07) is 2.65. The maximum absolute atomic E-state index is 9.58. The molecule has 0 aliphatic carbocycles. The zero-order valence-corrected chi connectivity index (χ0v) is 11.5. The Labute approximate surface area is 110 Å². The van der Waals surface area contributed by atoms with Crippen molar-refractivity contribution >= 4 is 0 Å². The van der Waals surface area contributed by atoms with Gasteiger partial charge in [-0.05, 0) is 38.8 Å². The number of hydrogen-bond acceptors (Lipinski definition) is 3. The number of aliphatic hydroxyl groups excluding tert-OH is 1. The smallest absolute Gasteiger partial charge is 0.0527 e. The highest BCUT2D eigenvalue weighted by Crippen LogP contribution is 2.21. The van der Waals surface area contributed by atoms with Crippen LogP contribution >= 0.6 is 0 Å². The van der Waals surface area contributed by atoms with Crippen molar-refractivity contribution in [1.29, 1.82) is 0 Å². The van der Waals surface area contributed by atoms with Gasteiger partial charge >= 0.3 is 0 Å². The van der Waals surface area contributed by atoms with Crippen molar-refractivity contribution < 1.29 is 5.11 Å². The standard InChI is InChI=1S/C14H25N3O/c1-12(18)11-14-5-3-4-9-17(14)10-7-13-6-8-15-16(13)2/h6,8,12,14,18H,3-5,7,9-11H2,1-2H3. The van der Waals surface area contributed by atoms with Crippen molar-refractivity contribution in [2.45, 2.75) is 51.2 Å². The van der Waals surface area contributed by atoms with E-state index in [0.29, 0.717) is 6.04 Å². The van der Waals surface area contributed by atoms with E-state index in [1.807, 2.05) is 24.9 Å². The van der Waals surface area contributed by atoms with Crippen LogP contribution in [-0.4, -0.2) is 45.0 Å². The normalized spacial score (nSPS) is 23.2. The summed E-state index contributed by atoms with van der Waals surface area (Å²) in [6.07, 6.45) is 7.46. The fraction of sp³-hybridized carbons (Fsp3) is 0.786. The van der Waals surface area contributed by atoms with Crippen LogP contribution in [0.2, 0.25) is 0 Å². The highest BCUT2D eigenvalue weighted by atomic mass is 16.3. The quantitative estimate of drug-likeness (QED) is 0.864. The van der Waals surface area contributed by atoms with E-state index in [0.717, 1.165) is 19.4 Å². The minimum Gasteiger partial charge on any atom is -0.393 e. The highest BCUT2D eigenvalue weighted by Gasteiger charge is 2.23. The van der Waals surface area contributed by atoms with Gasteiger partial charge in [0.1, 0.15) is 0 Å². The monoisotopic (exact) mass is 251 g/mol. The molecule has 2 unspecified atom stereocenters. The van der Waals surface area contributed by atoms with Gasteiger partial charge in [0.25, 0.3) is 0 Å². The molecule has 2 heterocycles. The molecule has 102 valence electrons. The number of nitrogens with zero attached hydrogens (tertiary/aromatic N) is 3. The fourth-order valence-electron chi connectivity index (χ4n) is 2.92. The molecule has 0 amide bonds. The van der Waals surface area contributed by atoms with Crippen LogP contribution in [-0.2, 0) is 13.5 Å². The first-order chi connectivity index (χ1) is 8.66. The molecule has 0 spiro atoms. The van der Waals surface area contributed by atoms with E-state index in [9.17, 15) is 5.11 Å². The number of aliphatic hydroxyl groups is 1. The number of piperidine rings is 1. The Balaban J connectivity index is 1.87. The van der Waals surface area contributed by atoms with Gasteiger partial charge in [-0.2, -0.15) is 5.10 Å². The van der Waals surface area contributed by atoms with Crippen molar-refractivity contribution in [3.63, 3.8) is 0 Å². The predicted octanol–water partition coefficient (Wildman–Crippen LogP) is 1.59. The zero-order chi connectivity index (χ0) is 13.0. The number of hydrogen-bond donors (Lipinski definition) is 1. The Bertz CT molecular complexity index is 362. The first-order valence-electron chi connectivity index (χ1n) is 7.06. The van der Waals surface area contributed by atoms with E-state index >= 15 is 0 Å². The Morgan fingerprint density at radius 2 is 2.33 bits per heavy atom. The van der Waals surface area contributed by atoms with Gasteiger partial charge in [0.15, 0.2) is 0 Å². The van der Waals surface area contributed by atoms with Crippen LogP contribution in [0.1, 0.15) is 38.3 Å². The van der Waals surface area contributed by atoms with E-state index in [1.165, 1.54) is 31.5 Å². The molecule has 1 aliphatic heterocycles. The number of aryl methyl sites for hydroxylation is 1. The number of rotatable bonds is 5. The Morgan fingerprint density at radius 1 is 1.50 bits per heavy atom. The van der Waals surface area contributed by atoms with Gasteiger partial charge in [0.2, 0.25) is 0 Å². The van der Waals surface area contributed by atoms with Crippen molar-refractivity contribution in [1.82, 2.24) is 14.7 Å². The molecule has 18 heavy (non-hydrogen) atoms. The molecule has 1 aromatic rings. The number of aromatic nitrogens is 2. The van der Waals surface area contributed by atoms with Crippen LogP contribution in [0.15, 0.2) is 12.3 Å². The topological polar surface area (TPSA) is 41.3 Å². The molecule has 1 aliphatic rings. The van der Waals surface area contributed by atoms with E-state index in [-0.39, 0.29) is 6.10 Å². The molecule has 4 nitrogen and oxygen atoms in total. The second kappa shape index (κ2) is 6.34. The largest absolute Gasteiger partial charge is 0.393 e. The van der Waals surface area contributed by atoms with Crippen LogP contribution in [0.4, 0.5) is 0 Å². The van der Waals surface area contributed by atoms with Gasteiger partial charge in [0, 0.05) is 37.9 Å². The van der Waals surface area contributed by atoms with Gasteiger partial charge in [-0.3, -0.25) is 9.58 Å². The highest BCUT2D eigenvalue weighted by molar-refractivity contribution is 5.00. The lowest BCUT2D eigenvalue weighted by molar-refractivity contribution is 0.0874. The molecule has 1 aromatic heterocycles. The second-order valence-electron chi connectivity index (χ2n) is 5.47. The summed E-state index contributed by atoms with van der Waals surface area (Å²) in [7, 11) is 2.00. The van der Waals surface area contributed by atoms with Crippen LogP contribution in [0, 0.1) is 0 Å². The lowest BCUT2D eigenvalue weighted by atomic mass is 9.97. The molecule has 0 aromatic carbocycles. The minimum atomic E-state index is -0.188. The molecule has 1 saturated heterocycles. The van der Waals surface area contributed by atoms with Gasteiger partial charge in [-0.1, -0.05) is 6.42 Å². The van der Waals surface area contributed by atoms with Crippen molar-refractivity contribution in [3.05, 3.63) is 18.0 Å². The second-order valence-corrected chi connectivity index (χ2v) is 5.47. The van der Waals surface area contributed by atoms with Gasteiger partial charge < -0.3 is 5.11 Å². The van der Waals surface area contributed by atoms with Crippen molar-refractivity contribution in [2.75, 3.05) is 13.1 Å². The van der Waals surface area contributed by atoms with Crippen LogP contribution in [0.3, 0.4) is 0 Å².